The molecule has 14 heteroatoms. The third-order valence-corrected chi connectivity index (χ3v) is 14.1. The summed E-state index contributed by atoms with van der Waals surface area (Å²) in [5.41, 5.74) is -5.32. The van der Waals surface area contributed by atoms with E-state index in [4.69, 9.17) is 23.7 Å². The van der Waals surface area contributed by atoms with Gasteiger partial charge in [-0.1, -0.05) is 54.5 Å². The molecule has 1 N–H and O–H groups in total. The Morgan fingerprint density at radius 1 is 0.981 bits per heavy atom. The van der Waals surface area contributed by atoms with Gasteiger partial charge in [-0.2, -0.15) is 0 Å². The van der Waals surface area contributed by atoms with E-state index in [1.807, 2.05) is 25.1 Å². The van der Waals surface area contributed by atoms with E-state index in [1.165, 1.54) is 24.6 Å². The molecule has 0 unspecified atom stereocenters. The number of rotatable bonds is 11. The van der Waals surface area contributed by atoms with Crippen molar-refractivity contribution >= 4 is 51.2 Å². The van der Waals surface area contributed by atoms with Crippen molar-refractivity contribution in [2.45, 2.75) is 114 Å². The van der Waals surface area contributed by atoms with Crippen LogP contribution < -0.4 is 0 Å². The standard InChI is InChI=1S/C40H47NO11S2/c1-23-17-18-40(47)35(51-36(46)26-13-8-7-9-14-26)33-38(6,34(45)32(49-24(2)42)31(23)37(40,4)5)27(21-28-39(33,22-48-28)52-25(3)43)50-30(44)16-12-20-53-54-29-15-10-11-19-41-29/h7-11,13-15,19,27-28,32-33,35,47H,12,16-18,20-22H2,1-6H3/t27-,28+,32+,33-,35-,38+,39-,40+/m0/s1. The van der Waals surface area contributed by atoms with Gasteiger partial charge in [0, 0.05) is 44.1 Å². The molecule has 2 saturated carbocycles. The number of carbonyl (C=O) groups excluding carboxylic acids is 5. The number of fused-ring (bicyclic) bond motifs is 5. The van der Waals surface area contributed by atoms with Gasteiger partial charge in [-0.3, -0.25) is 19.2 Å². The molecule has 1 aliphatic heterocycles. The zero-order chi connectivity index (χ0) is 39.1. The summed E-state index contributed by atoms with van der Waals surface area (Å²) in [4.78, 5) is 73.3. The number of aliphatic hydroxyl groups is 1. The second kappa shape index (κ2) is 15.4. The van der Waals surface area contributed by atoms with Crippen molar-refractivity contribution in [3.8, 4) is 0 Å². The largest absolute Gasteiger partial charge is 0.461 e. The smallest absolute Gasteiger partial charge is 0.338 e. The Hall–Kier alpha value is -3.72. The van der Waals surface area contributed by atoms with E-state index >= 15 is 4.79 Å². The zero-order valence-corrected chi connectivity index (χ0v) is 33.0. The maximum atomic E-state index is 15.5. The second-order valence-electron chi connectivity index (χ2n) is 15.3. The Morgan fingerprint density at radius 3 is 2.33 bits per heavy atom. The van der Waals surface area contributed by atoms with E-state index in [0.717, 1.165) is 10.6 Å². The quantitative estimate of drug-likeness (QED) is 0.0949. The van der Waals surface area contributed by atoms with Crippen molar-refractivity contribution in [3.05, 3.63) is 71.4 Å². The molecule has 1 aromatic heterocycles. The Bertz CT molecular complexity index is 1820. The first-order valence-corrected chi connectivity index (χ1v) is 20.5. The van der Waals surface area contributed by atoms with Gasteiger partial charge in [-0.15, -0.1) is 0 Å². The van der Waals surface area contributed by atoms with Gasteiger partial charge in [0.1, 0.15) is 28.9 Å². The monoisotopic (exact) mass is 781 g/mol. The number of nitrogens with zero attached hydrogens (tertiary/aromatic N) is 1. The molecule has 8 atom stereocenters. The summed E-state index contributed by atoms with van der Waals surface area (Å²) in [6.07, 6.45) is -2.54. The summed E-state index contributed by atoms with van der Waals surface area (Å²) in [7, 11) is 3.04. The van der Waals surface area contributed by atoms with Gasteiger partial charge in [0.25, 0.3) is 0 Å². The molecule has 3 fully saturated rings. The zero-order valence-electron chi connectivity index (χ0n) is 31.3. The number of benzene rings is 1. The van der Waals surface area contributed by atoms with Crippen molar-refractivity contribution in [3.63, 3.8) is 0 Å². The molecule has 290 valence electrons. The third kappa shape index (κ3) is 6.99. The lowest BCUT2D eigenvalue weighted by molar-refractivity contribution is -0.345. The summed E-state index contributed by atoms with van der Waals surface area (Å²) in [6, 6.07) is 13.9. The summed E-state index contributed by atoms with van der Waals surface area (Å²) < 4.78 is 30.8. The molecule has 0 radical (unpaired) electrons. The van der Waals surface area contributed by atoms with E-state index in [2.05, 4.69) is 4.98 Å². The fourth-order valence-electron chi connectivity index (χ4n) is 9.07. The molecule has 3 aliphatic carbocycles. The lowest BCUT2D eigenvalue weighted by Crippen LogP contribution is -2.81. The number of pyridine rings is 1. The van der Waals surface area contributed by atoms with Crippen LogP contribution in [0.2, 0.25) is 0 Å². The van der Waals surface area contributed by atoms with Crippen LogP contribution in [0.25, 0.3) is 0 Å². The Morgan fingerprint density at radius 2 is 1.70 bits per heavy atom. The first-order valence-electron chi connectivity index (χ1n) is 18.2. The van der Waals surface area contributed by atoms with Crippen LogP contribution in [0.15, 0.2) is 70.9 Å². The molecule has 0 spiro atoms. The van der Waals surface area contributed by atoms with Gasteiger partial charge in [0.05, 0.1) is 23.5 Å². The van der Waals surface area contributed by atoms with Crippen LogP contribution in [-0.4, -0.2) is 87.7 Å². The third-order valence-electron chi connectivity index (χ3n) is 11.8. The highest BCUT2D eigenvalue weighted by molar-refractivity contribution is 8.76. The molecule has 54 heavy (non-hydrogen) atoms. The fourth-order valence-corrected chi connectivity index (χ4v) is 11.0. The van der Waals surface area contributed by atoms with Gasteiger partial charge >= 0.3 is 23.9 Å². The highest BCUT2D eigenvalue weighted by Gasteiger charge is 2.78. The molecule has 1 aromatic carbocycles. The minimum absolute atomic E-state index is 0.0306. The van der Waals surface area contributed by atoms with Crippen LogP contribution in [-0.2, 0) is 42.9 Å². The molecular weight excluding hydrogens is 735 g/mol. The highest BCUT2D eigenvalue weighted by atomic mass is 33.1. The van der Waals surface area contributed by atoms with Crippen LogP contribution in [0, 0.1) is 16.7 Å². The van der Waals surface area contributed by atoms with E-state index in [0.29, 0.717) is 24.2 Å². The van der Waals surface area contributed by atoms with Gasteiger partial charge < -0.3 is 28.8 Å². The number of hydrogen-bond acceptors (Lipinski definition) is 14. The lowest BCUT2D eigenvalue weighted by atomic mass is 9.45. The van der Waals surface area contributed by atoms with Crippen LogP contribution in [0.1, 0.15) is 84.0 Å². The average Bonchev–Trinajstić information content (AvgIpc) is 3.12. The summed E-state index contributed by atoms with van der Waals surface area (Å²) in [5.74, 6) is -4.06. The number of aromatic nitrogens is 1. The van der Waals surface area contributed by atoms with Crippen LogP contribution in [0.3, 0.4) is 0 Å². The highest BCUT2D eigenvalue weighted by Crippen LogP contribution is 2.64. The summed E-state index contributed by atoms with van der Waals surface area (Å²) in [5, 5.41) is 14.1. The average molecular weight is 782 g/mol. The lowest BCUT2D eigenvalue weighted by Gasteiger charge is -2.67. The van der Waals surface area contributed by atoms with E-state index in [1.54, 1.807) is 68.1 Å². The van der Waals surface area contributed by atoms with E-state index in [-0.39, 0.29) is 31.4 Å². The van der Waals surface area contributed by atoms with Gasteiger partial charge in [-0.05, 0) is 73.7 Å². The topological polar surface area (TPSA) is 165 Å². The number of Topliss-reactive ketones (excluding diaryl/α,β-unsaturated/α-hetero) is 1. The summed E-state index contributed by atoms with van der Waals surface area (Å²) in [6.45, 7) is 9.13. The van der Waals surface area contributed by atoms with Crippen molar-refractivity contribution in [1.29, 1.82) is 0 Å². The van der Waals surface area contributed by atoms with Gasteiger partial charge in [-0.25, -0.2) is 9.78 Å². The minimum atomic E-state index is -1.90. The first-order chi connectivity index (χ1) is 25.6. The molecule has 6 rings (SSSR count). The molecule has 2 bridgehead atoms. The first kappa shape index (κ1) is 40.0. The number of allylic oxidation sites excluding steroid dienone is 1. The minimum Gasteiger partial charge on any atom is -0.461 e. The Balaban J connectivity index is 1.45. The number of hydrogen-bond donors (Lipinski definition) is 1. The number of ketones is 1. The predicted molar refractivity (Wildman–Crippen MR) is 199 cm³/mol. The van der Waals surface area contributed by atoms with Crippen LogP contribution in [0.5, 0.6) is 0 Å². The van der Waals surface area contributed by atoms with Gasteiger partial charge in [0.2, 0.25) is 0 Å². The molecule has 0 amide bonds. The van der Waals surface area contributed by atoms with E-state index in [9.17, 15) is 24.3 Å². The maximum absolute atomic E-state index is 15.5. The molecular formula is C40H47NO11S2. The summed E-state index contributed by atoms with van der Waals surface area (Å²) >= 11 is 0. The van der Waals surface area contributed by atoms with Crippen LogP contribution in [0.4, 0.5) is 0 Å². The molecule has 4 aliphatic rings. The second-order valence-corrected chi connectivity index (χ2v) is 17.7. The fraction of sp³-hybridized carbons (Fsp3) is 0.550. The molecule has 2 aromatic rings. The van der Waals surface area contributed by atoms with Gasteiger partial charge in [0.15, 0.2) is 17.5 Å². The number of ether oxygens (including phenoxy) is 5. The number of esters is 4. The van der Waals surface area contributed by atoms with Crippen molar-refractivity contribution in [2.24, 2.45) is 16.7 Å². The van der Waals surface area contributed by atoms with Crippen molar-refractivity contribution in [1.82, 2.24) is 4.98 Å². The molecule has 1 saturated heterocycles. The molecule has 12 nitrogen and oxygen atoms in total. The molecule has 2 heterocycles. The van der Waals surface area contributed by atoms with E-state index < -0.39 is 82.0 Å². The predicted octanol–water partition coefficient (Wildman–Crippen LogP) is 5.85. The Labute approximate surface area is 322 Å². The maximum Gasteiger partial charge on any atom is 0.338 e. The number of carbonyl (C=O) groups is 5. The van der Waals surface area contributed by atoms with Crippen molar-refractivity contribution in [2.75, 3.05) is 12.4 Å². The van der Waals surface area contributed by atoms with Crippen molar-refractivity contribution < 1.29 is 52.8 Å². The Kier molecular flexibility index (Phi) is 11.4. The van der Waals surface area contributed by atoms with Crippen LogP contribution >= 0.6 is 21.6 Å². The normalized spacial score (nSPS) is 32.4. The SMILES string of the molecule is CC(=O)O[C@H]1C(=O)[C@]2(C)[C@@H](OC(=O)CCCSSc3ccccn3)C[C@H]3OC[C@@]3(OC(C)=O)[C@H]2[C@H](OC(=O)c2ccccc2)[C@]2(O)CCC(C)=C1C2(C)C.